The number of ether oxygens (including phenoxy) is 1. The molecule has 0 saturated carbocycles. The Morgan fingerprint density at radius 3 is 2.83 bits per heavy atom. The van der Waals surface area contributed by atoms with E-state index >= 15 is 0 Å². The Balaban J connectivity index is 1.95. The Morgan fingerprint density at radius 1 is 1.39 bits per heavy atom. The van der Waals surface area contributed by atoms with Crippen molar-refractivity contribution in [3.63, 3.8) is 0 Å². The van der Waals surface area contributed by atoms with Crippen LogP contribution in [0.5, 0.6) is 5.88 Å². The molecule has 0 aliphatic rings. The average Bonchev–Trinajstić information content (AvgIpc) is 2.97. The van der Waals surface area contributed by atoms with Gasteiger partial charge in [0, 0.05) is 38.8 Å². The van der Waals surface area contributed by atoms with E-state index in [1.807, 2.05) is 30.6 Å². The van der Waals surface area contributed by atoms with Crippen molar-refractivity contribution in [1.82, 2.24) is 15.3 Å². The minimum atomic E-state index is 0.704. The van der Waals surface area contributed by atoms with Gasteiger partial charge in [-0.25, -0.2) is 4.98 Å². The highest BCUT2D eigenvalue weighted by atomic mass is 32.1. The summed E-state index contributed by atoms with van der Waals surface area (Å²) < 4.78 is 5.28. The first-order valence-electron chi connectivity index (χ1n) is 5.51. The lowest BCUT2D eigenvalue weighted by Gasteiger charge is -2.04. The molecule has 5 nitrogen and oxygen atoms in total. The maximum absolute atomic E-state index is 5.28. The second-order valence-electron chi connectivity index (χ2n) is 3.85. The van der Waals surface area contributed by atoms with Crippen LogP contribution in [0.1, 0.15) is 9.88 Å². The van der Waals surface area contributed by atoms with Gasteiger partial charge in [0.25, 0.3) is 0 Å². The molecule has 0 saturated heterocycles. The molecule has 1 N–H and O–H groups in total. The first-order chi connectivity index (χ1) is 8.70. The molecule has 7 heteroatoms. The number of nitrogens with zero attached hydrogens (tertiary/aromatic N) is 3. The predicted molar refractivity (Wildman–Crippen MR) is 75.7 cm³/mol. The second-order valence-corrected chi connectivity index (χ2v) is 5.89. The van der Waals surface area contributed by atoms with Crippen LogP contribution in [0.15, 0.2) is 11.6 Å². The number of anilines is 1. The third-order valence-electron chi connectivity index (χ3n) is 2.27. The molecule has 0 aliphatic carbocycles. The highest BCUT2D eigenvalue weighted by molar-refractivity contribution is 7.15. The minimum Gasteiger partial charge on any atom is -0.480 e. The van der Waals surface area contributed by atoms with Gasteiger partial charge < -0.3 is 15.0 Å². The number of rotatable bonds is 6. The lowest BCUT2D eigenvalue weighted by atomic mass is 10.5. The zero-order valence-electron chi connectivity index (χ0n) is 10.6. The predicted octanol–water partition coefficient (Wildman–Crippen LogP) is 1.96. The van der Waals surface area contributed by atoms with Crippen molar-refractivity contribution in [3.8, 4) is 5.88 Å². The summed E-state index contributed by atoms with van der Waals surface area (Å²) in [5, 5.41) is 7.38. The van der Waals surface area contributed by atoms with Gasteiger partial charge in [-0.2, -0.15) is 4.98 Å². The third kappa shape index (κ3) is 3.18. The van der Waals surface area contributed by atoms with E-state index in [-0.39, 0.29) is 0 Å². The third-order valence-corrected chi connectivity index (χ3v) is 4.26. The van der Waals surface area contributed by atoms with Crippen LogP contribution < -0.4 is 15.0 Å². The summed E-state index contributed by atoms with van der Waals surface area (Å²) in [4.78, 5) is 11.7. The molecule has 2 rings (SSSR count). The van der Waals surface area contributed by atoms with E-state index < -0.39 is 0 Å². The van der Waals surface area contributed by atoms with Gasteiger partial charge in [0.15, 0.2) is 5.13 Å². The Morgan fingerprint density at radius 2 is 2.22 bits per heavy atom. The van der Waals surface area contributed by atoms with Crippen LogP contribution in [0.4, 0.5) is 5.13 Å². The van der Waals surface area contributed by atoms with Gasteiger partial charge in [0.1, 0.15) is 5.01 Å². The summed E-state index contributed by atoms with van der Waals surface area (Å²) in [7, 11) is 5.61. The SMILES string of the molecule is COc1nc(N(C)C)sc1CNCc1nccs1. The van der Waals surface area contributed by atoms with E-state index in [2.05, 4.69) is 15.3 Å². The Kier molecular flexibility index (Phi) is 4.51. The highest BCUT2D eigenvalue weighted by Gasteiger charge is 2.12. The largest absolute Gasteiger partial charge is 0.480 e. The second kappa shape index (κ2) is 6.12. The van der Waals surface area contributed by atoms with Crippen molar-refractivity contribution in [2.24, 2.45) is 0 Å². The summed E-state index contributed by atoms with van der Waals surface area (Å²) in [6.07, 6.45) is 1.82. The molecule has 0 aromatic carbocycles. The summed E-state index contributed by atoms with van der Waals surface area (Å²) in [6.45, 7) is 1.52. The number of aromatic nitrogens is 2. The number of nitrogens with one attached hydrogen (secondary N) is 1. The molecule has 2 aromatic heterocycles. The van der Waals surface area contributed by atoms with E-state index in [9.17, 15) is 0 Å². The van der Waals surface area contributed by atoms with E-state index in [1.54, 1.807) is 29.8 Å². The molecular weight excluding hydrogens is 268 g/mol. The molecule has 0 fully saturated rings. The number of methoxy groups -OCH3 is 1. The zero-order chi connectivity index (χ0) is 13.0. The fraction of sp³-hybridized carbons (Fsp3) is 0.455. The van der Waals surface area contributed by atoms with Crippen molar-refractivity contribution in [3.05, 3.63) is 21.5 Å². The molecule has 0 atom stereocenters. The van der Waals surface area contributed by atoms with E-state index in [0.717, 1.165) is 28.1 Å². The fourth-order valence-corrected chi connectivity index (χ4v) is 2.92. The maximum Gasteiger partial charge on any atom is 0.230 e. The summed E-state index contributed by atoms with van der Waals surface area (Å²) in [5.74, 6) is 0.704. The van der Waals surface area contributed by atoms with Crippen LogP contribution in [-0.2, 0) is 13.1 Å². The van der Waals surface area contributed by atoms with E-state index in [1.165, 1.54) is 0 Å². The van der Waals surface area contributed by atoms with Gasteiger partial charge in [-0.15, -0.1) is 11.3 Å². The topological polar surface area (TPSA) is 50.3 Å². The van der Waals surface area contributed by atoms with Crippen molar-refractivity contribution in [1.29, 1.82) is 0 Å². The standard InChI is InChI=1S/C11H16N4OS2/c1-15(2)11-14-10(16-3)8(18-11)6-12-7-9-13-4-5-17-9/h4-5,12H,6-7H2,1-3H3. The molecule has 98 valence electrons. The number of hydrogen-bond donors (Lipinski definition) is 1. The molecular formula is C11H16N4OS2. The zero-order valence-corrected chi connectivity index (χ0v) is 12.3. The Bertz CT molecular complexity index is 481. The summed E-state index contributed by atoms with van der Waals surface area (Å²) in [6, 6.07) is 0. The smallest absolute Gasteiger partial charge is 0.230 e. The molecule has 2 heterocycles. The lowest BCUT2D eigenvalue weighted by Crippen LogP contribution is -2.12. The van der Waals surface area contributed by atoms with Crippen molar-refractivity contribution in [2.75, 3.05) is 26.1 Å². The van der Waals surface area contributed by atoms with E-state index in [0.29, 0.717) is 5.88 Å². The first-order valence-corrected chi connectivity index (χ1v) is 7.20. The van der Waals surface area contributed by atoms with E-state index in [4.69, 9.17) is 4.74 Å². The molecule has 0 spiro atoms. The van der Waals surface area contributed by atoms with Gasteiger partial charge >= 0.3 is 0 Å². The Labute approximate surface area is 114 Å². The van der Waals surface area contributed by atoms with Crippen molar-refractivity contribution < 1.29 is 4.74 Å². The molecule has 0 radical (unpaired) electrons. The number of hydrogen-bond acceptors (Lipinski definition) is 7. The molecule has 0 aliphatic heterocycles. The normalized spacial score (nSPS) is 10.6. The minimum absolute atomic E-state index is 0.704. The number of thiazole rings is 2. The lowest BCUT2D eigenvalue weighted by molar-refractivity contribution is 0.394. The highest BCUT2D eigenvalue weighted by Crippen LogP contribution is 2.30. The van der Waals surface area contributed by atoms with Gasteiger partial charge in [-0.05, 0) is 0 Å². The monoisotopic (exact) mass is 284 g/mol. The van der Waals surface area contributed by atoms with Crippen molar-refractivity contribution >= 4 is 27.8 Å². The molecule has 0 unspecified atom stereocenters. The molecule has 18 heavy (non-hydrogen) atoms. The van der Waals surface area contributed by atoms with Crippen LogP contribution in [0.3, 0.4) is 0 Å². The summed E-state index contributed by atoms with van der Waals surface area (Å²) in [5.41, 5.74) is 0. The van der Waals surface area contributed by atoms with Gasteiger partial charge in [0.2, 0.25) is 5.88 Å². The molecule has 0 bridgehead atoms. The Hall–Kier alpha value is -1.18. The van der Waals surface area contributed by atoms with Crippen LogP contribution in [-0.4, -0.2) is 31.2 Å². The van der Waals surface area contributed by atoms with Crippen LogP contribution in [0, 0.1) is 0 Å². The molecule has 0 amide bonds. The van der Waals surface area contributed by atoms with Crippen LogP contribution >= 0.6 is 22.7 Å². The van der Waals surface area contributed by atoms with Gasteiger partial charge in [-0.3, -0.25) is 0 Å². The van der Waals surface area contributed by atoms with Gasteiger partial charge in [-0.1, -0.05) is 11.3 Å². The average molecular weight is 284 g/mol. The summed E-state index contributed by atoms with van der Waals surface area (Å²) >= 11 is 3.29. The van der Waals surface area contributed by atoms with Crippen LogP contribution in [0.2, 0.25) is 0 Å². The van der Waals surface area contributed by atoms with Gasteiger partial charge in [0.05, 0.1) is 12.0 Å². The van der Waals surface area contributed by atoms with Crippen molar-refractivity contribution in [2.45, 2.75) is 13.1 Å². The first kappa shape index (κ1) is 13.3. The van der Waals surface area contributed by atoms with Crippen LogP contribution in [0.25, 0.3) is 0 Å². The fourth-order valence-electron chi connectivity index (χ4n) is 1.41. The molecule has 2 aromatic rings. The maximum atomic E-state index is 5.28. The quantitative estimate of drug-likeness (QED) is 0.879.